The third-order valence-electron chi connectivity index (χ3n) is 2.76. The lowest BCUT2D eigenvalue weighted by Gasteiger charge is -2.09. The average Bonchev–Trinajstić information content (AvgIpc) is 2.78. The molecule has 1 amide bonds. The van der Waals surface area contributed by atoms with Crippen molar-refractivity contribution in [3.63, 3.8) is 0 Å². The Kier molecular flexibility index (Phi) is 3.43. The minimum atomic E-state index is -0.550. The lowest BCUT2D eigenvalue weighted by atomic mass is 10.5. The maximum atomic E-state index is 12.2. The van der Waals surface area contributed by atoms with Crippen LogP contribution in [0.5, 0.6) is 0 Å². The van der Waals surface area contributed by atoms with Crippen LogP contribution in [0.4, 0.5) is 0 Å². The number of nitrogens with zero attached hydrogens (tertiary/aromatic N) is 4. The van der Waals surface area contributed by atoms with Crippen molar-refractivity contribution in [2.45, 2.75) is 6.67 Å². The van der Waals surface area contributed by atoms with Gasteiger partial charge in [0.2, 0.25) is 5.91 Å². The summed E-state index contributed by atoms with van der Waals surface area (Å²) in [6, 6.07) is 0. The molecule has 2 rings (SSSR count). The van der Waals surface area contributed by atoms with Crippen LogP contribution in [0, 0.1) is 0 Å². The van der Waals surface area contributed by atoms with E-state index in [2.05, 4.69) is 10.3 Å². The van der Waals surface area contributed by atoms with Crippen molar-refractivity contribution in [1.82, 2.24) is 24.0 Å². The van der Waals surface area contributed by atoms with Gasteiger partial charge in [0.05, 0.1) is 6.33 Å². The van der Waals surface area contributed by atoms with Crippen molar-refractivity contribution in [1.29, 1.82) is 0 Å². The zero-order chi connectivity index (χ0) is 14.2. The van der Waals surface area contributed by atoms with Crippen LogP contribution in [0.15, 0.2) is 15.9 Å². The first-order valence-electron chi connectivity index (χ1n) is 5.41. The number of halogens is 1. The molecule has 0 aliphatic carbocycles. The summed E-state index contributed by atoms with van der Waals surface area (Å²) < 4.78 is 3.70. The van der Waals surface area contributed by atoms with E-state index < -0.39 is 17.2 Å². The molecule has 0 aliphatic rings. The number of carbonyl (C=O) groups excluding carboxylic acids is 1. The van der Waals surface area contributed by atoms with Crippen molar-refractivity contribution < 1.29 is 4.79 Å². The van der Waals surface area contributed by atoms with Crippen LogP contribution in [0.1, 0.15) is 0 Å². The van der Waals surface area contributed by atoms with Crippen LogP contribution in [-0.4, -0.2) is 30.5 Å². The van der Waals surface area contributed by atoms with Crippen LogP contribution < -0.4 is 16.6 Å². The topological polar surface area (TPSA) is 90.9 Å². The van der Waals surface area contributed by atoms with E-state index >= 15 is 0 Å². The van der Waals surface area contributed by atoms with Gasteiger partial charge in [0.1, 0.15) is 12.5 Å². The Hall–Kier alpha value is -2.09. The quantitative estimate of drug-likeness (QED) is 0.713. The van der Waals surface area contributed by atoms with Crippen molar-refractivity contribution >= 4 is 28.7 Å². The fourth-order valence-corrected chi connectivity index (χ4v) is 1.84. The summed E-state index contributed by atoms with van der Waals surface area (Å²) in [5.74, 6) is -0.691. The zero-order valence-electron chi connectivity index (χ0n) is 10.4. The lowest BCUT2D eigenvalue weighted by Crippen LogP contribution is -2.44. The first-order chi connectivity index (χ1) is 8.97. The fourth-order valence-electron chi connectivity index (χ4n) is 1.75. The van der Waals surface area contributed by atoms with Crippen LogP contribution in [-0.2, 0) is 25.6 Å². The average molecular weight is 286 g/mol. The monoisotopic (exact) mass is 285 g/mol. The maximum absolute atomic E-state index is 12.2. The Bertz CT molecular complexity index is 757. The number of hydrogen-bond donors (Lipinski definition) is 1. The number of amides is 1. The van der Waals surface area contributed by atoms with Gasteiger partial charge in [0, 0.05) is 14.1 Å². The Morgan fingerprint density at radius 3 is 2.74 bits per heavy atom. The molecule has 2 aromatic rings. The van der Waals surface area contributed by atoms with Gasteiger partial charge in [-0.05, 0) is 0 Å². The summed E-state index contributed by atoms with van der Waals surface area (Å²) in [5, 5.41) is 2.38. The van der Waals surface area contributed by atoms with Crippen molar-refractivity contribution in [2.24, 2.45) is 14.1 Å². The minimum Gasteiger partial charge on any atom is -0.337 e. The summed E-state index contributed by atoms with van der Waals surface area (Å²) in [6.45, 7) is -0.224. The predicted octanol–water partition coefficient (Wildman–Crippen LogP) is -1.25. The van der Waals surface area contributed by atoms with Crippen LogP contribution in [0.25, 0.3) is 11.2 Å². The Morgan fingerprint density at radius 2 is 2.11 bits per heavy atom. The van der Waals surface area contributed by atoms with Crippen LogP contribution in [0.2, 0.25) is 0 Å². The van der Waals surface area contributed by atoms with E-state index in [1.54, 1.807) is 7.05 Å². The molecule has 8 nitrogen and oxygen atoms in total. The number of rotatable bonds is 3. The van der Waals surface area contributed by atoms with Crippen molar-refractivity contribution in [2.75, 3.05) is 5.88 Å². The van der Waals surface area contributed by atoms with E-state index in [1.807, 2.05) is 0 Å². The molecule has 0 aromatic carbocycles. The number of aryl methyl sites for hydroxylation is 2. The summed E-state index contributed by atoms with van der Waals surface area (Å²) >= 11 is 5.34. The number of aromatic nitrogens is 4. The lowest BCUT2D eigenvalue weighted by molar-refractivity contribution is -0.119. The highest BCUT2D eigenvalue weighted by molar-refractivity contribution is 6.27. The molecule has 102 valence electrons. The molecule has 0 spiro atoms. The Balaban J connectivity index is 2.61. The van der Waals surface area contributed by atoms with E-state index in [4.69, 9.17) is 11.6 Å². The number of carbonyl (C=O) groups is 1. The van der Waals surface area contributed by atoms with Crippen LogP contribution in [0.3, 0.4) is 0 Å². The number of fused-ring (bicyclic) bond motifs is 1. The maximum Gasteiger partial charge on any atom is 0.333 e. The molecule has 0 atom stereocenters. The molecular weight excluding hydrogens is 274 g/mol. The molecular formula is C10H12ClN5O3. The molecule has 19 heavy (non-hydrogen) atoms. The van der Waals surface area contributed by atoms with Gasteiger partial charge in [-0.25, -0.2) is 14.3 Å². The normalized spacial score (nSPS) is 10.9. The second-order valence-corrected chi connectivity index (χ2v) is 4.26. The van der Waals surface area contributed by atoms with Gasteiger partial charge < -0.3 is 9.88 Å². The third-order valence-corrected chi connectivity index (χ3v) is 3.00. The third kappa shape index (κ3) is 2.14. The highest BCUT2D eigenvalue weighted by Crippen LogP contribution is 2.02. The molecule has 0 fully saturated rings. The highest BCUT2D eigenvalue weighted by atomic mass is 35.5. The van der Waals surface area contributed by atoms with Gasteiger partial charge in [0.25, 0.3) is 5.56 Å². The SMILES string of the molecule is Cn1cnc2c1c(=O)n(CNC(=O)CCl)c(=O)n2C. The largest absolute Gasteiger partial charge is 0.337 e. The molecule has 0 saturated heterocycles. The Labute approximate surface area is 112 Å². The van der Waals surface area contributed by atoms with Crippen LogP contribution >= 0.6 is 11.6 Å². The molecule has 2 heterocycles. The highest BCUT2D eigenvalue weighted by Gasteiger charge is 2.14. The molecule has 9 heteroatoms. The van der Waals surface area contributed by atoms with E-state index in [9.17, 15) is 14.4 Å². The molecule has 0 bridgehead atoms. The number of hydrogen-bond acceptors (Lipinski definition) is 4. The summed E-state index contributed by atoms with van der Waals surface area (Å²) in [4.78, 5) is 39.3. The van der Waals surface area contributed by atoms with E-state index in [0.717, 1.165) is 4.57 Å². The smallest absolute Gasteiger partial charge is 0.333 e. The second-order valence-electron chi connectivity index (χ2n) is 3.99. The Morgan fingerprint density at radius 1 is 1.42 bits per heavy atom. The van der Waals surface area contributed by atoms with Gasteiger partial charge in [-0.1, -0.05) is 0 Å². The zero-order valence-corrected chi connectivity index (χ0v) is 11.1. The minimum absolute atomic E-state index is 0.224. The molecule has 0 unspecified atom stereocenters. The standard InChI is InChI=1S/C10H12ClN5O3/c1-14-4-13-8-7(14)9(18)16(10(19)15(8)2)5-12-6(17)3-11/h4H,3,5H2,1-2H3,(H,12,17). The number of nitrogens with one attached hydrogen (secondary N) is 1. The summed E-state index contributed by atoms with van der Waals surface area (Å²) in [5.41, 5.74) is -0.460. The number of imidazole rings is 1. The van der Waals surface area contributed by atoms with E-state index in [-0.39, 0.29) is 12.5 Å². The van der Waals surface area contributed by atoms with Gasteiger partial charge in [0.15, 0.2) is 11.2 Å². The van der Waals surface area contributed by atoms with Gasteiger partial charge in [-0.2, -0.15) is 0 Å². The van der Waals surface area contributed by atoms with Gasteiger partial charge in [-0.15, -0.1) is 11.6 Å². The number of alkyl halides is 1. The molecule has 2 aromatic heterocycles. The van der Waals surface area contributed by atoms with E-state index in [1.165, 1.54) is 22.5 Å². The van der Waals surface area contributed by atoms with Crippen molar-refractivity contribution in [3.8, 4) is 0 Å². The second kappa shape index (κ2) is 4.88. The predicted molar refractivity (Wildman–Crippen MR) is 69.1 cm³/mol. The van der Waals surface area contributed by atoms with Gasteiger partial charge in [-0.3, -0.25) is 14.2 Å². The molecule has 0 aliphatic heterocycles. The summed E-state index contributed by atoms with van der Waals surface area (Å²) in [6.07, 6.45) is 1.45. The fraction of sp³-hybridized carbons (Fsp3) is 0.400. The van der Waals surface area contributed by atoms with Crippen molar-refractivity contribution in [3.05, 3.63) is 27.2 Å². The first kappa shape index (κ1) is 13.3. The summed E-state index contributed by atoms with van der Waals surface area (Å²) in [7, 11) is 3.17. The molecule has 0 saturated carbocycles. The van der Waals surface area contributed by atoms with Gasteiger partial charge >= 0.3 is 5.69 Å². The van der Waals surface area contributed by atoms with E-state index in [0.29, 0.717) is 11.2 Å². The molecule has 1 N–H and O–H groups in total. The molecule has 0 radical (unpaired) electrons. The first-order valence-corrected chi connectivity index (χ1v) is 5.94.